The average molecular weight is 218 g/mol. The van der Waals surface area contributed by atoms with Gasteiger partial charge in [0.2, 0.25) is 0 Å². The van der Waals surface area contributed by atoms with Crippen molar-refractivity contribution in [2.24, 2.45) is 5.92 Å². The summed E-state index contributed by atoms with van der Waals surface area (Å²) in [7, 11) is 0. The smallest absolute Gasteiger partial charge is 0.162 e. The molecule has 0 heterocycles. The van der Waals surface area contributed by atoms with Gasteiger partial charge in [-0.1, -0.05) is 6.92 Å². The van der Waals surface area contributed by atoms with Crippen LogP contribution in [0.1, 0.15) is 41.0 Å². The van der Waals surface area contributed by atoms with Crippen molar-refractivity contribution in [3.05, 3.63) is 0 Å². The summed E-state index contributed by atoms with van der Waals surface area (Å²) < 4.78 is 16.8. The van der Waals surface area contributed by atoms with Crippen LogP contribution in [0.25, 0.3) is 0 Å². The zero-order valence-corrected chi connectivity index (χ0v) is 10.8. The van der Waals surface area contributed by atoms with Crippen LogP contribution in [-0.2, 0) is 14.2 Å². The Morgan fingerprint density at radius 1 is 0.800 bits per heavy atom. The maximum atomic E-state index is 5.61. The highest BCUT2D eigenvalue weighted by molar-refractivity contribution is 4.69. The van der Waals surface area contributed by atoms with Crippen LogP contribution in [0.3, 0.4) is 0 Å². The minimum absolute atomic E-state index is 0.133. The molecule has 2 unspecified atom stereocenters. The van der Waals surface area contributed by atoms with Crippen molar-refractivity contribution in [1.29, 1.82) is 0 Å². The monoisotopic (exact) mass is 218 g/mol. The molecule has 92 valence electrons. The van der Waals surface area contributed by atoms with Crippen molar-refractivity contribution in [3.63, 3.8) is 0 Å². The van der Waals surface area contributed by atoms with E-state index in [9.17, 15) is 0 Å². The number of hydrogen-bond acceptors (Lipinski definition) is 3. The SMILES string of the molecule is CCOC(C)C(CC)C(OCC)OCC. The van der Waals surface area contributed by atoms with E-state index in [0.717, 1.165) is 13.0 Å². The van der Waals surface area contributed by atoms with E-state index in [4.69, 9.17) is 14.2 Å². The molecule has 0 aliphatic rings. The molecule has 0 bridgehead atoms. The second kappa shape index (κ2) is 9.13. The van der Waals surface area contributed by atoms with Gasteiger partial charge in [-0.15, -0.1) is 0 Å². The van der Waals surface area contributed by atoms with Crippen LogP contribution in [0.2, 0.25) is 0 Å². The molecule has 0 saturated heterocycles. The third kappa shape index (κ3) is 5.50. The van der Waals surface area contributed by atoms with Gasteiger partial charge < -0.3 is 14.2 Å². The van der Waals surface area contributed by atoms with Crippen molar-refractivity contribution in [3.8, 4) is 0 Å². The average Bonchev–Trinajstić information content (AvgIpc) is 2.20. The van der Waals surface area contributed by atoms with Crippen LogP contribution in [-0.4, -0.2) is 32.2 Å². The molecule has 0 aromatic rings. The Hall–Kier alpha value is -0.120. The summed E-state index contributed by atoms with van der Waals surface area (Å²) in [6.45, 7) is 12.3. The van der Waals surface area contributed by atoms with Gasteiger partial charge in [-0.05, 0) is 34.1 Å². The predicted molar refractivity (Wildman–Crippen MR) is 61.9 cm³/mol. The lowest BCUT2D eigenvalue weighted by atomic mass is 10.00. The van der Waals surface area contributed by atoms with E-state index in [1.54, 1.807) is 0 Å². The lowest BCUT2D eigenvalue weighted by Crippen LogP contribution is -2.35. The van der Waals surface area contributed by atoms with E-state index >= 15 is 0 Å². The Bertz CT molecular complexity index is 133. The first-order valence-corrected chi connectivity index (χ1v) is 6.05. The second-order valence-electron chi connectivity index (χ2n) is 3.51. The van der Waals surface area contributed by atoms with Crippen molar-refractivity contribution in [2.75, 3.05) is 19.8 Å². The van der Waals surface area contributed by atoms with Crippen molar-refractivity contribution in [2.45, 2.75) is 53.4 Å². The lowest BCUT2D eigenvalue weighted by molar-refractivity contribution is -0.190. The maximum Gasteiger partial charge on any atom is 0.162 e. The van der Waals surface area contributed by atoms with Crippen molar-refractivity contribution >= 4 is 0 Å². The zero-order valence-electron chi connectivity index (χ0n) is 10.8. The topological polar surface area (TPSA) is 27.7 Å². The van der Waals surface area contributed by atoms with Crippen LogP contribution in [0.4, 0.5) is 0 Å². The first kappa shape index (κ1) is 14.9. The molecular formula is C12H26O3. The van der Waals surface area contributed by atoms with Crippen LogP contribution < -0.4 is 0 Å². The van der Waals surface area contributed by atoms with Crippen molar-refractivity contribution < 1.29 is 14.2 Å². The second-order valence-corrected chi connectivity index (χ2v) is 3.51. The fourth-order valence-corrected chi connectivity index (χ4v) is 1.76. The molecule has 0 radical (unpaired) electrons. The molecule has 0 spiro atoms. The molecule has 0 aromatic heterocycles. The quantitative estimate of drug-likeness (QED) is 0.557. The largest absolute Gasteiger partial charge is 0.378 e. The maximum absolute atomic E-state index is 5.61. The molecule has 0 aromatic carbocycles. The first-order chi connectivity index (χ1) is 7.21. The predicted octanol–water partition coefficient (Wildman–Crippen LogP) is 2.84. The summed E-state index contributed by atoms with van der Waals surface area (Å²) in [5.74, 6) is 0.310. The Morgan fingerprint density at radius 3 is 1.60 bits per heavy atom. The van der Waals surface area contributed by atoms with E-state index in [0.29, 0.717) is 19.1 Å². The van der Waals surface area contributed by atoms with Gasteiger partial charge in [-0.2, -0.15) is 0 Å². The first-order valence-electron chi connectivity index (χ1n) is 6.05. The molecule has 3 nitrogen and oxygen atoms in total. The third-order valence-electron chi connectivity index (χ3n) is 2.52. The van der Waals surface area contributed by atoms with Gasteiger partial charge in [-0.25, -0.2) is 0 Å². The Kier molecular flexibility index (Phi) is 9.06. The Labute approximate surface area is 94.1 Å². The van der Waals surface area contributed by atoms with E-state index in [-0.39, 0.29) is 12.4 Å². The molecule has 15 heavy (non-hydrogen) atoms. The van der Waals surface area contributed by atoms with Crippen LogP contribution in [0, 0.1) is 5.92 Å². The summed E-state index contributed by atoms with van der Waals surface area (Å²) in [4.78, 5) is 0. The highest BCUT2D eigenvalue weighted by atomic mass is 16.7. The van der Waals surface area contributed by atoms with E-state index < -0.39 is 0 Å². The fourth-order valence-electron chi connectivity index (χ4n) is 1.76. The third-order valence-corrected chi connectivity index (χ3v) is 2.52. The van der Waals surface area contributed by atoms with Gasteiger partial charge in [0.05, 0.1) is 6.10 Å². The highest BCUT2D eigenvalue weighted by Crippen LogP contribution is 2.20. The van der Waals surface area contributed by atoms with Gasteiger partial charge in [0.25, 0.3) is 0 Å². The molecule has 0 aliphatic heterocycles. The molecule has 0 N–H and O–H groups in total. The molecule has 2 atom stereocenters. The van der Waals surface area contributed by atoms with Gasteiger partial charge in [-0.3, -0.25) is 0 Å². The van der Waals surface area contributed by atoms with E-state index in [1.165, 1.54) is 0 Å². The molecule has 0 amide bonds. The summed E-state index contributed by atoms with van der Waals surface area (Å²) in [6.07, 6.45) is 1.06. The number of hydrogen-bond donors (Lipinski definition) is 0. The standard InChI is InChI=1S/C12H26O3/c1-6-11(10(5)13-7-2)12(14-8-3)15-9-4/h10-12H,6-9H2,1-5H3. The molecule has 0 aliphatic carbocycles. The van der Waals surface area contributed by atoms with Gasteiger partial charge in [0, 0.05) is 25.7 Å². The molecule has 0 saturated carbocycles. The van der Waals surface area contributed by atoms with Crippen molar-refractivity contribution in [1.82, 2.24) is 0 Å². The van der Waals surface area contributed by atoms with Gasteiger partial charge >= 0.3 is 0 Å². The molecule has 3 heteroatoms. The van der Waals surface area contributed by atoms with E-state index in [1.807, 2.05) is 20.8 Å². The van der Waals surface area contributed by atoms with Crippen LogP contribution >= 0.6 is 0 Å². The summed E-state index contributed by atoms with van der Waals surface area (Å²) in [6, 6.07) is 0. The normalized spacial score (nSPS) is 15.6. The number of rotatable bonds is 9. The van der Waals surface area contributed by atoms with Gasteiger partial charge in [0.15, 0.2) is 6.29 Å². The zero-order chi connectivity index (χ0) is 11.7. The number of ether oxygens (including phenoxy) is 3. The molecule has 0 rings (SSSR count). The van der Waals surface area contributed by atoms with Crippen LogP contribution in [0.15, 0.2) is 0 Å². The van der Waals surface area contributed by atoms with E-state index in [2.05, 4.69) is 13.8 Å². The minimum Gasteiger partial charge on any atom is -0.378 e. The summed E-state index contributed by atoms with van der Waals surface area (Å²) >= 11 is 0. The van der Waals surface area contributed by atoms with Gasteiger partial charge in [0.1, 0.15) is 0 Å². The molecular weight excluding hydrogens is 192 g/mol. The highest BCUT2D eigenvalue weighted by Gasteiger charge is 2.26. The summed E-state index contributed by atoms with van der Waals surface area (Å²) in [5, 5.41) is 0. The fraction of sp³-hybridized carbons (Fsp3) is 1.00. The minimum atomic E-state index is -0.133. The Morgan fingerprint density at radius 2 is 1.27 bits per heavy atom. The molecule has 0 fully saturated rings. The Balaban J connectivity index is 4.28. The summed E-state index contributed by atoms with van der Waals surface area (Å²) in [5.41, 5.74) is 0. The van der Waals surface area contributed by atoms with Crippen LogP contribution in [0.5, 0.6) is 0 Å². The lowest BCUT2D eigenvalue weighted by Gasteiger charge is -2.30.